The van der Waals surface area contributed by atoms with Crippen molar-refractivity contribution in [2.75, 3.05) is 5.73 Å². The van der Waals surface area contributed by atoms with E-state index in [1.807, 2.05) is 91.0 Å². The maximum absolute atomic E-state index is 12.4. The molecule has 1 aliphatic carbocycles. The Morgan fingerprint density at radius 2 is 1.43 bits per heavy atom. The molecule has 0 aliphatic heterocycles. The summed E-state index contributed by atoms with van der Waals surface area (Å²) in [5, 5.41) is 28.3. The molecular weight excluding hydrogens is 532 g/mol. The van der Waals surface area contributed by atoms with Gasteiger partial charge in [-0.1, -0.05) is 91.0 Å². The van der Waals surface area contributed by atoms with Crippen LogP contribution >= 0.6 is 0 Å². The Labute approximate surface area is 244 Å². The fourth-order valence-corrected chi connectivity index (χ4v) is 5.60. The third-order valence-electron chi connectivity index (χ3n) is 7.87. The lowest BCUT2D eigenvalue weighted by Crippen LogP contribution is -2.52. The van der Waals surface area contributed by atoms with Gasteiger partial charge in [0.15, 0.2) is 11.4 Å². The maximum Gasteiger partial charge on any atom is 0.155 e. The Kier molecular flexibility index (Phi) is 7.76. The summed E-state index contributed by atoms with van der Waals surface area (Å²) in [6.07, 6.45) is -1.61. The Bertz CT molecular complexity index is 1610. The van der Waals surface area contributed by atoms with Crippen LogP contribution in [-0.4, -0.2) is 48.7 Å². The molecule has 1 saturated carbocycles. The predicted molar refractivity (Wildman–Crippen MR) is 157 cm³/mol. The molecule has 0 spiro atoms. The average Bonchev–Trinajstić information content (AvgIpc) is 3.33. The van der Waals surface area contributed by atoms with E-state index in [0.717, 1.165) is 16.7 Å². The molecule has 2 aromatic heterocycles. The second-order valence-corrected chi connectivity index (χ2v) is 10.8. The maximum atomic E-state index is 12.4. The van der Waals surface area contributed by atoms with Crippen LogP contribution in [0, 0.1) is 0 Å². The van der Waals surface area contributed by atoms with Crippen LogP contribution < -0.4 is 5.73 Å². The van der Waals surface area contributed by atoms with Gasteiger partial charge in [0.25, 0.3) is 0 Å². The lowest BCUT2D eigenvalue weighted by molar-refractivity contribution is -0.206. The van der Waals surface area contributed by atoms with Gasteiger partial charge < -0.3 is 30.2 Å². The summed E-state index contributed by atoms with van der Waals surface area (Å²) < 4.78 is 21.0. The summed E-state index contributed by atoms with van der Waals surface area (Å²) in [6.45, 7) is 2.23. The van der Waals surface area contributed by atoms with Crippen molar-refractivity contribution in [1.82, 2.24) is 14.6 Å². The van der Waals surface area contributed by atoms with E-state index in [2.05, 4.69) is 10.1 Å². The van der Waals surface area contributed by atoms with Crippen molar-refractivity contribution in [2.24, 2.45) is 0 Å². The van der Waals surface area contributed by atoms with Crippen LogP contribution in [0.4, 0.5) is 5.82 Å². The van der Waals surface area contributed by atoms with Crippen LogP contribution in [0.5, 0.6) is 0 Å². The molecule has 5 aromatic rings. The van der Waals surface area contributed by atoms with Gasteiger partial charge in [-0.25, -0.2) is 9.50 Å². The van der Waals surface area contributed by atoms with Crippen LogP contribution in [0.2, 0.25) is 0 Å². The number of aliphatic hydroxyl groups is 2. The molecule has 5 atom stereocenters. The molecule has 0 bridgehead atoms. The number of nitrogens with zero attached hydrogens (tertiary/aromatic N) is 3. The third-order valence-corrected chi connectivity index (χ3v) is 7.87. The monoisotopic (exact) mass is 566 g/mol. The van der Waals surface area contributed by atoms with Crippen LogP contribution in [0.1, 0.15) is 29.3 Å². The van der Waals surface area contributed by atoms with Crippen LogP contribution in [0.3, 0.4) is 0 Å². The second kappa shape index (κ2) is 11.6. The minimum Gasteiger partial charge on any atom is -0.387 e. The summed E-state index contributed by atoms with van der Waals surface area (Å²) in [7, 11) is 0. The Morgan fingerprint density at radius 3 is 2.05 bits per heavy atom. The summed E-state index contributed by atoms with van der Waals surface area (Å²) in [5.74, 6) is 0.277. The van der Waals surface area contributed by atoms with Gasteiger partial charge in [0, 0.05) is 0 Å². The number of hydrogen-bond donors (Lipinski definition) is 3. The summed E-state index contributed by atoms with van der Waals surface area (Å²) in [4.78, 5) is 4.07. The highest BCUT2D eigenvalue weighted by Gasteiger charge is 2.75. The molecule has 9 heteroatoms. The van der Waals surface area contributed by atoms with Crippen molar-refractivity contribution in [3.63, 3.8) is 0 Å². The molecule has 0 amide bonds. The van der Waals surface area contributed by atoms with Crippen LogP contribution in [0.25, 0.3) is 5.52 Å². The molecule has 42 heavy (non-hydrogen) atoms. The number of aliphatic hydroxyl groups excluding tert-OH is 1. The van der Waals surface area contributed by atoms with E-state index >= 15 is 0 Å². The number of anilines is 1. The van der Waals surface area contributed by atoms with Crippen molar-refractivity contribution in [3.8, 4) is 0 Å². The van der Waals surface area contributed by atoms with Gasteiger partial charge in [-0.15, -0.1) is 0 Å². The van der Waals surface area contributed by atoms with Crippen molar-refractivity contribution in [3.05, 3.63) is 132 Å². The fourth-order valence-electron chi connectivity index (χ4n) is 5.60. The standard InChI is InChI=1S/C33H34N4O5/c1-32(39,27-18-17-26-30(34)35-22-36-37(26)27)31(41-20-24-13-7-3-8-14-24)33(42-21-25-15-9-4-10-16-25)28(38)29(33)40-19-23-11-5-2-6-12-23/h2-18,22,28-29,31,38-39H,19-21H2,1H3,(H2,34,35,36)/t28-,29?,31+,32?,33-/m1/s1. The number of hydrogen-bond acceptors (Lipinski definition) is 8. The van der Waals surface area contributed by atoms with Gasteiger partial charge in [0.05, 0.1) is 25.5 Å². The molecule has 3 aromatic carbocycles. The summed E-state index contributed by atoms with van der Waals surface area (Å²) in [6, 6.07) is 32.5. The van der Waals surface area contributed by atoms with Gasteiger partial charge >= 0.3 is 0 Å². The number of nitrogen functional groups attached to an aromatic ring is 1. The average molecular weight is 567 g/mol. The SMILES string of the molecule is CC(O)(c1ccc2c(N)ncnn12)[C@H](OCc1ccccc1)[C@]1(OCc2ccccc2)C(OCc2ccccc2)[C@H]1O. The Hall–Kier alpha value is -4.12. The van der Waals surface area contributed by atoms with Crippen molar-refractivity contribution < 1.29 is 24.4 Å². The number of rotatable bonds is 12. The molecular formula is C33H34N4O5. The molecule has 2 unspecified atom stereocenters. The smallest absolute Gasteiger partial charge is 0.155 e. The first-order valence-corrected chi connectivity index (χ1v) is 13.9. The van der Waals surface area contributed by atoms with E-state index < -0.39 is 29.5 Å². The van der Waals surface area contributed by atoms with E-state index in [1.165, 1.54) is 6.33 Å². The van der Waals surface area contributed by atoms with Gasteiger partial charge in [0.1, 0.15) is 35.8 Å². The normalized spacial score (nSPS) is 22.1. The first-order valence-electron chi connectivity index (χ1n) is 13.9. The zero-order valence-corrected chi connectivity index (χ0v) is 23.3. The zero-order chi connectivity index (χ0) is 29.2. The van der Waals surface area contributed by atoms with Crippen molar-refractivity contribution in [1.29, 1.82) is 0 Å². The summed E-state index contributed by atoms with van der Waals surface area (Å²) in [5.41, 5.74) is 6.69. The van der Waals surface area contributed by atoms with Crippen LogP contribution in [0.15, 0.2) is 109 Å². The molecule has 2 heterocycles. The van der Waals surface area contributed by atoms with E-state index in [9.17, 15) is 10.2 Å². The highest BCUT2D eigenvalue weighted by Crippen LogP contribution is 2.53. The van der Waals surface area contributed by atoms with E-state index in [0.29, 0.717) is 11.2 Å². The number of fused-ring (bicyclic) bond motifs is 1. The third kappa shape index (κ3) is 5.29. The number of aromatic nitrogens is 3. The highest BCUT2D eigenvalue weighted by molar-refractivity contribution is 5.65. The van der Waals surface area contributed by atoms with E-state index in [1.54, 1.807) is 23.6 Å². The highest BCUT2D eigenvalue weighted by atomic mass is 16.6. The second-order valence-electron chi connectivity index (χ2n) is 10.8. The largest absolute Gasteiger partial charge is 0.387 e. The number of ether oxygens (including phenoxy) is 3. The first kappa shape index (κ1) is 28.0. The van der Waals surface area contributed by atoms with Gasteiger partial charge in [-0.3, -0.25) is 0 Å². The van der Waals surface area contributed by atoms with Crippen LogP contribution in [-0.2, 0) is 39.6 Å². The predicted octanol–water partition coefficient (Wildman–Crippen LogP) is 4.02. The lowest BCUT2D eigenvalue weighted by Gasteiger charge is -2.38. The van der Waals surface area contributed by atoms with Gasteiger partial charge in [-0.2, -0.15) is 5.10 Å². The van der Waals surface area contributed by atoms with E-state index in [4.69, 9.17) is 19.9 Å². The number of benzene rings is 3. The molecule has 216 valence electrons. The quantitative estimate of drug-likeness (QED) is 0.207. The fraction of sp³-hybridized carbons (Fsp3) is 0.273. The minimum atomic E-state index is -1.72. The Balaban J connectivity index is 1.40. The zero-order valence-electron chi connectivity index (χ0n) is 23.3. The summed E-state index contributed by atoms with van der Waals surface area (Å²) >= 11 is 0. The Morgan fingerprint density at radius 1 is 0.857 bits per heavy atom. The van der Waals surface area contributed by atoms with Gasteiger partial charge in [0.2, 0.25) is 0 Å². The molecule has 0 radical (unpaired) electrons. The molecule has 1 aliphatic rings. The first-order chi connectivity index (χ1) is 20.4. The molecule has 6 rings (SSSR count). The topological polar surface area (TPSA) is 124 Å². The molecule has 1 fully saturated rings. The van der Waals surface area contributed by atoms with Crippen molar-refractivity contribution in [2.45, 2.75) is 56.3 Å². The molecule has 9 nitrogen and oxygen atoms in total. The molecule has 4 N–H and O–H groups in total. The molecule has 0 saturated heterocycles. The lowest BCUT2D eigenvalue weighted by atomic mass is 9.88. The van der Waals surface area contributed by atoms with Gasteiger partial charge in [-0.05, 0) is 35.7 Å². The van der Waals surface area contributed by atoms with Crippen molar-refractivity contribution >= 4 is 11.3 Å². The van der Waals surface area contributed by atoms with E-state index in [-0.39, 0.29) is 25.6 Å². The minimum absolute atomic E-state index is 0.163. The number of nitrogens with two attached hydrogens (primary N) is 1.